The van der Waals surface area contributed by atoms with E-state index in [9.17, 15) is 0 Å². The van der Waals surface area contributed by atoms with Gasteiger partial charge in [0.15, 0.2) is 0 Å². The van der Waals surface area contributed by atoms with Crippen LogP contribution >= 0.6 is 22.6 Å². The number of hydrogen-bond donors (Lipinski definition) is 1. The normalized spacial score (nSPS) is 17.5. The van der Waals surface area contributed by atoms with Crippen molar-refractivity contribution in [2.24, 2.45) is 0 Å². The predicted molar refractivity (Wildman–Crippen MR) is 86.8 cm³/mol. The average molecular weight is 365 g/mol. The summed E-state index contributed by atoms with van der Waals surface area (Å²) in [7, 11) is 0. The molecular formula is C16H16INO. The Morgan fingerprint density at radius 1 is 1.21 bits per heavy atom. The molecule has 2 nitrogen and oxygen atoms in total. The third-order valence-electron chi connectivity index (χ3n) is 3.47. The van der Waals surface area contributed by atoms with E-state index < -0.39 is 0 Å². The van der Waals surface area contributed by atoms with Gasteiger partial charge >= 0.3 is 0 Å². The van der Waals surface area contributed by atoms with E-state index in [4.69, 9.17) is 4.74 Å². The number of aryl methyl sites for hydroxylation is 1. The molecule has 0 aliphatic carbocycles. The Bertz CT molecular complexity index is 597. The SMILES string of the molecule is Cc1ccc(NC2CCOc3ccccc32)cc1I. The molecule has 3 heteroatoms. The maximum atomic E-state index is 5.69. The van der Waals surface area contributed by atoms with Crippen molar-refractivity contribution in [2.75, 3.05) is 11.9 Å². The molecular weight excluding hydrogens is 349 g/mol. The fourth-order valence-electron chi connectivity index (χ4n) is 2.38. The van der Waals surface area contributed by atoms with Crippen molar-refractivity contribution in [1.82, 2.24) is 0 Å². The maximum absolute atomic E-state index is 5.69. The Kier molecular flexibility index (Phi) is 3.64. The molecule has 98 valence electrons. The molecule has 0 aromatic heterocycles. The van der Waals surface area contributed by atoms with Crippen molar-refractivity contribution in [3.05, 3.63) is 57.2 Å². The molecule has 0 bridgehead atoms. The first-order chi connectivity index (χ1) is 9.24. The topological polar surface area (TPSA) is 21.3 Å². The summed E-state index contributed by atoms with van der Waals surface area (Å²) in [5.41, 5.74) is 3.75. The zero-order valence-corrected chi connectivity index (χ0v) is 13.0. The molecule has 0 radical (unpaired) electrons. The number of benzene rings is 2. The second-order valence-electron chi connectivity index (χ2n) is 4.84. The van der Waals surface area contributed by atoms with Crippen LogP contribution < -0.4 is 10.1 Å². The molecule has 1 aliphatic heterocycles. The van der Waals surface area contributed by atoms with Crippen LogP contribution in [-0.2, 0) is 0 Å². The van der Waals surface area contributed by atoms with Gasteiger partial charge in [-0.15, -0.1) is 0 Å². The molecule has 1 heterocycles. The Hall–Kier alpha value is -1.23. The Morgan fingerprint density at radius 3 is 2.89 bits per heavy atom. The van der Waals surface area contributed by atoms with Crippen molar-refractivity contribution >= 4 is 28.3 Å². The number of nitrogens with one attached hydrogen (secondary N) is 1. The first kappa shape index (κ1) is 12.8. The van der Waals surface area contributed by atoms with Crippen LogP contribution in [0.3, 0.4) is 0 Å². The van der Waals surface area contributed by atoms with Gasteiger partial charge in [-0.1, -0.05) is 24.3 Å². The van der Waals surface area contributed by atoms with Crippen LogP contribution in [0.4, 0.5) is 5.69 Å². The van der Waals surface area contributed by atoms with E-state index in [0.717, 1.165) is 18.8 Å². The van der Waals surface area contributed by atoms with Crippen LogP contribution in [0.2, 0.25) is 0 Å². The summed E-state index contributed by atoms with van der Waals surface area (Å²) in [6, 6.07) is 15.1. The lowest BCUT2D eigenvalue weighted by molar-refractivity contribution is 0.274. The van der Waals surface area contributed by atoms with Crippen molar-refractivity contribution in [3.63, 3.8) is 0 Å². The van der Waals surface area contributed by atoms with Crippen molar-refractivity contribution in [3.8, 4) is 5.75 Å². The fourth-order valence-corrected chi connectivity index (χ4v) is 2.89. The number of fused-ring (bicyclic) bond motifs is 1. The van der Waals surface area contributed by atoms with Crippen LogP contribution in [0.1, 0.15) is 23.6 Å². The average Bonchev–Trinajstić information content (AvgIpc) is 2.43. The second-order valence-corrected chi connectivity index (χ2v) is 6.00. The quantitative estimate of drug-likeness (QED) is 0.790. The predicted octanol–water partition coefficient (Wildman–Crippen LogP) is 4.54. The summed E-state index contributed by atoms with van der Waals surface area (Å²) in [6.07, 6.45) is 1.00. The van der Waals surface area contributed by atoms with Crippen molar-refractivity contribution in [1.29, 1.82) is 0 Å². The molecule has 0 saturated carbocycles. The monoisotopic (exact) mass is 365 g/mol. The lowest BCUT2D eigenvalue weighted by Crippen LogP contribution is -2.20. The number of hydrogen-bond acceptors (Lipinski definition) is 2. The fraction of sp³-hybridized carbons (Fsp3) is 0.250. The van der Waals surface area contributed by atoms with Gasteiger partial charge in [-0.25, -0.2) is 0 Å². The first-order valence-corrected chi connectivity index (χ1v) is 7.56. The Labute approximate surface area is 127 Å². The summed E-state index contributed by atoms with van der Waals surface area (Å²) in [4.78, 5) is 0. The van der Waals surface area contributed by atoms with Gasteiger partial charge in [0.25, 0.3) is 0 Å². The van der Waals surface area contributed by atoms with E-state index in [0.29, 0.717) is 6.04 Å². The van der Waals surface area contributed by atoms with Gasteiger partial charge in [-0.2, -0.15) is 0 Å². The summed E-state index contributed by atoms with van der Waals surface area (Å²) in [5.74, 6) is 1.01. The molecule has 0 amide bonds. The van der Waals surface area contributed by atoms with Crippen LogP contribution in [0.5, 0.6) is 5.75 Å². The third kappa shape index (κ3) is 2.71. The second kappa shape index (κ2) is 5.41. The van der Waals surface area contributed by atoms with E-state index >= 15 is 0 Å². The van der Waals surface area contributed by atoms with Gasteiger partial charge in [-0.05, 0) is 53.3 Å². The van der Waals surface area contributed by atoms with Crippen molar-refractivity contribution in [2.45, 2.75) is 19.4 Å². The smallest absolute Gasteiger partial charge is 0.124 e. The van der Waals surface area contributed by atoms with E-state index in [1.165, 1.54) is 20.4 Å². The number of para-hydroxylation sites is 1. The van der Waals surface area contributed by atoms with E-state index in [-0.39, 0.29) is 0 Å². The molecule has 1 N–H and O–H groups in total. The molecule has 0 fully saturated rings. The zero-order chi connectivity index (χ0) is 13.2. The number of ether oxygens (including phenoxy) is 1. The maximum Gasteiger partial charge on any atom is 0.124 e. The van der Waals surface area contributed by atoms with Crippen molar-refractivity contribution < 1.29 is 4.74 Å². The molecule has 1 unspecified atom stereocenters. The highest BCUT2D eigenvalue weighted by atomic mass is 127. The summed E-state index contributed by atoms with van der Waals surface area (Å²) in [6.45, 7) is 2.91. The standard InChI is InChI=1S/C16H16INO/c1-11-6-7-12(10-14(11)17)18-15-8-9-19-16-5-3-2-4-13(15)16/h2-7,10,15,18H,8-9H2,1H3. The lowest BCUT2D eigenvalue weighted by atomic mass is 10.0. The summed E-state index contributed by atoms with van der Waals surface area (Å²) < 4.78 is 6.99. The van der Waals surface area contributed by atoms with Crippen LogP contribution in [-0.4, -0.2) is 6.61 Å². The van der Waals surface area contributed by atoms with Gasteiger partial charge in [0.1, 0.15) is 5.75 Å². The minimum atomic E-state index is 0.337. The van der Waals surface area contributed by atoms with Gasteiger partial charge in [-0.3, -0.25) is 0 Å². The number of halogens is 1. The molecule has 1 atom stereocenters. The molecule has 2 aromatic carbocycles. The minimum Gasteiger partial charge on any atom is -0.493 e. The van der Waals surface area contributed by atoms with Gasteiger partial charge in [0.2, 0.25) is 0 Å². The van der Waals surface area contributed by atoms with E-state index in [2.05, 4.69) is 65.2 Å². The Morgan fingerprint density at radius 2 is 2.05 bits per heavy atom. The molecule has 1 aliphatic rings. The molecule has 0 spiro atoms. The lowest BCUT2D eigenvalue weighted by Gasteiger charge is -2.27. The van der Waals surface area contributed by atoms with Gasteiger partial charge in [0, 0.05) is 21.2 Å². The molecule has 0 saturated heterocycles. The van der Waals surface area contributed by atoms with Crippen LogP contribution in [0.25, 0.3) is 0 Å². The first-order valence-electron chi connectivity index (χ1n) is 6.48. The highest BCUT2D eigenvalue weighted by Crippen LogP contribution is 2.34. The zero-order valence-electron chi connectivity index (χ0n) is 10.8. The minimum absolute atomic E-state index is 0.337. The highest BCUT2D eigenvalue weighted by molar-refractivity contribution is 14.1. The summed E-state index contributed by atoms with van der Waals surface area (Å²) in [5, 5.41) is 3.62. The largest absolute Gasteiger partial charge is 0.493 e. The van der Waals surface area contributed by atoms with Crippen LogP contribution in [0, 0.1) is 10.5 Å². The molecule has 19 heavy (non-hydrogen) atoms. The summed E-state index contributed by atoms with van der Waals surface area (Å²) >= 11 is 2.38. The van der Waals surface area contributed by atoms with E-state index in [1.54, 1.807) is 0 Å². The van der Waals surface area contributed by atoms with Crippen LogP contribution in [0.15, 0.2) is 42.5 Å². The number of rotatable bonds is 2. The van der Waals surface area contributed by atoms with Gasteiger partial charge < -0.3 is 10.1 Å². The van der Waals surface area contributed by atoms with E-state index in [1.807, 2.05) is 12.1 Å². The molecule has 3 rings (SSSR count). The number of anilines is 1. The van der Waals surface area contributed by atoms with Gasteiger partial charge in [0.05, 0.1) is 12.6 Å². The highest BCUT2D eigenvalue weighted by Gasteiger charge is 2.20. The Balaban J connectivity index is 1.86. The third-order valence-corrected chi connectivity index (χ3v) is 4.63. The molecule has 2 aromatic rings.